The lowest BCUT2D eigenvalue weighted by atomic mass is 10.1. The van der Waals surface area contributed by atoms with Gasteiger partial charge < -0.3 is 24.8 Å². The maximum absolute atomic E-state index is 5.55. The van der Waals surface area contributed by atoms with E-state index in [1.165, 1.54) is 16.7 Å². The third-order valence-corrected chi connectivity index (χ3v) is 4.39. The molecule has 0 spiro atoms. The molecular formula is C21H27N3O3. The number of nitrogens with zero attached hydrogens (tertiary/aromatic N) is 1. The molecule has 3 rings (SSSR count). The highest BCUT2D eigenvalue weighted by Crippen LogP contribution is 2.32. The zero-order valence-corrected chi connectivity index (χ0v) is 16.0. The lowest BCUT2D eigenvalue weighted by Gasteiger charge is -2.14. The summed E-state index contributed by atoms with van der Waals surface area (Å²) in [5.41, 5.74) is 3.61. The Balaban J connectivity index is 1.47. The van der Waals surface area contributed by atoms with Gasteiger partial charge in [0.05, 0.1) is 6.61 Å². The van der Waals surface area contributed by atoms with E-state index in [-0.39, 0.29) is 0 Å². The summed E-state index contributed by atoms with van der Waals surface area (Å²) in [6, 6.07) is 14.3. The molecule has 6 heteroatoms. The number of benzene rings is 2. The van der Waals surface area contributed by atoms with Gasteiger partial charge in [0.25, 0.3) is 0 Å². The first-order valence-corrected chi connectivity index (χ1v) is 9.27. The van der Waals surface area contributed by atoms with Gasteiger partial charge in [-0.2, -0.15) is 0 Å². The van der Waals surface area contributed by atoms with E-state index in [2.05, 4.69) is 33.8 Å². The van der Waals surface area contributed by atoms with Crippen LogP contribution >= 0.6 is 0 Å². The second-order valence-corrected chi connectivity index (χ2v) is 6.20. The summed E-state index contributed by atoms with van der Waals surface area (Å²) >= 11 is 0. The fraction of sp³-hybridized carbons (Fsp3) is 0.381. The van der Waals surface area contributed by atoms with Crippen LogP contribution in [0, 0.1) is 0 Å². The Hall–Kier alpha value is -2.73. The lowest BCUT2D eigenvalue weighted by molar-refractivity contribution is 0.133. The number of aliphatic imine (C=N–C) groups is 1. The Kier molecular flexibility index (Phi) is 6.93. The van der Waals surface area contributed by atoms with Crippen molar-refractivity contribution < 1.29 is 14.2 Å². The van der Waals surface area contributed by atoms with E-state index in [0.29, 0.717) is 26.6 Å². The van der Waals surface area contributed by atoms with Crippen LogP contribution in [0.2, 0.25) is 0 Å². The van der Waals surface area contributed by atoms with Crippen LogP contribution in [0.1, 0.15) is 23.6 Å². The van der Waals surface area contributed by atoms with Gasteiger partial charge in [-0.25, -0.2) is 0 Å². The fourth-order valence-electron chi connectivity index (χ4n) is 2.90. The molecule has 0 saturated heterocycles. The van der Waals surface area contributed by atoms with E-state index in [1.807, 2.05) is 31.2 Å². The molecule has 6 nitrogen and oxygen atoms in total. The number of guanidine groups is 1. The SMILES string of the molecule is CCOCc1ccccc1CNC(=NC)NCCc1ccc2c(c1)OCO2. The highest BCUT2D eigenvalue weighted by atomic mass is 16.7. The van der Waals surface area contributed by atoms with Gasteiger partial charge in [-0.1, -0.05) is 30.3 Å². The molecule has 0 radical (unpaired) electrons. The number of ether oxygens (including phenoxy) is 3. The Labute approximate surface area is 160 Å². The number of nitrogens with one attached hydrogen (secondary N) is 2. The first-order chi connectivity index (χ1) is 13.3. The summed E-state index contributed by atoms with van der Waals surface area (Å²) < 4.78 is 16.3. The average Bonchev–Trinajstić information content (AvgIpc) is 3.17. The van der Waals surface area contributed by atoms with Gasteiger partial charge in [0, 0.05) is 26.7 Å². The van der Waals surface area contributed by atoms with Crippen LogP contribution in [0.3, 0.4) is 0 Å². The highest BCUT2D eigenvalue weighted by Gasteiger charge is 2.13. The van der Waals surface area contributed by atoms with Gasteiger partial charge in [0.2, 0.25) is 6.79 Å². The molecule has 27 heavy (non-hydrogen) atoms. The summed E-state index contributed by atoms with van der Waals surface area (Å²) in [5.74, 6) is 2.41. The molecule has 0 aromatic heterocycles. The molecule has 0 atom stereocenters. The normalized spacial score (nSPS) is 12.9. The first-order valence-electron chi connectivity index (χ1n) is 9.27. The molecule has 2 aromatic rings. The topological polar surface area (TPSA) is 64.1 Å². The molecule has 144 valence electrons. The van der Waals surface area contributed by atoms with Crippen molar-refractivity contribution in [3.63, 3.8) is 0 Å². The van der Waals surface area contributed by atoms with E-state index in [4.69, 9.17) is 14.2 Å². The molecule has 1 heterocycles. The average molecular weight is 369 g/mol. The predicted octanol–water partition coefficient (Wildman–Crippen LogP) is 2.86. The Morgan fingerprint density at radius 1 is 1.07 bits per heavy atom. The zero-order valence-electron chi connectivity index (χ0n) is 16.0. The van der Waals surface area contributed by atoms with Gasteiger partial charge in [-0.3, -0.25) is 4.99 Å². The zero-order chi connectivity index (χ0) is 18.9. The maximum atomic E-state index is 5.55. The molecule has 1 aliphatic rings. The molecule has 0 fully saturated rings. The van der Waals surface area contributed by atoms with Crippen LogP contribution in [-0.2, 0) is 24.3 Å². The molecule has 0 aliphatic carbocycles. The van der Waals surface area contributed by atoms with E-state index in [1.54, 1.807) is 7.05 Å². The lowest BCUT2D eigenvalue weighted by Crippen LogP contribution is -2.38. The van der Waals surface area contributed by atoms with Gasteiger partial charge in [-0.05, 0) is 42.2 Å². The highest BCUT2D eigenvalue weighted by molar-refractivity contribution is 5.79. The third kappa shape index (κ3) is 5.37. The van der Waals surface area contributed by atoms with Crippen LogP contribution in [0.4, 0.5) is 0 Å². The van der Waals surface area contributed by atoms with Crippen molar-refractivity contribution in [2.75, 3.05) is 27.0 Å². The monoisotopic (exact) mass is 369 g/mol. The van der Waals surface area contributed by atoms with Gasteiger partial charge >= 0.3 is 0 Å². The minimum Gasteiger partial charge on any atom is -0.454 e. The minimum absolute atomic E-state index is 0.304. The summed E-state index contributed by atoms with van der Waals surface area (Å²) in [6.07, 6.45) is 0.873. The smallest absolute Gasteiger partial charge is 0.231 e. The van der Waals surface area contributed by atoms with E-state index < -0.39 is 0 Å². The van der Waals surface area contributed by atoms with Crippen molar-refractivity contribution in [2.45, 2.75) is 26.5 Å². The van der Waals surface area contributed by atoms with Gasteiger partial charge in [-0.15, -0.1) is 0 Å². The van der Waals surface area contributed by atoms with Crippen molar-refractivity contribution in [1.82, 2.24) is 10.6 Å². The van der Waals surface area contributed by atoms with E-state index in [9.17, 15) is 0 Å². The number of rotatable bonds is 8. The Morgan fingerprint density at radius 3 is 2.70 bits per heavy atom. The second-order valence-electron chi connectivity index (χ2n) is 6.20. The van der Waals surface area contributed by atoms with Crippen LogP contribution in [-0.4, -0.2) is 33.0 Å². The third-order valence-electron chi connectivity index (χ3n) is 4.39. The van der Waals surface area contributed by atoms with Gasteiger partial charge in [0.15, 0.2) is 17.5 Å². The largest absolute Gasteiger partial charge is 0.454 e. The molecule has 2 N–H and O–H groups in total. The van der Waals surface area contributed by atoms with Crippen molar-refractivity contribution in [1.29, 1.82) is 0 Å². The van der Waals surface area contributed by atoms with Crippen molar-refractivity contribution >= 4 is 5.96 Å². The van der Waals surface area contributed by atoms with Crippen molar-refractivity contribution in [3.05, 3.63) is 59.2 Å². The summed E-state index contributed by atoms with van der Waals surface area (Å²) in [4.78, 5) is 4.30. The quantitative estimate of drug-likeness (QED) is 0.553. The molecule has 1 aliphatic heterocycles. The Bertz CT molecular complexity index is 777. The number of fused-ring (bicyclic) bond motifs is 1. The molecule has 0 unspecified atom stereocenters. The molecule has 0 bridgehead atoms. The van der Waals surface area contributed by atoms with E-state index >= 15 is 0 Å². The standard InChI is InChI=1S/C21H27N3O3/c1-3-25-14-18-7-5-4-6-17(18)13-24-21(22-2)23-11-10-16-8-9-19-20(12-16)27-15-26-19/h4-9,12H,3,10-11,13-15H2,1-2H3,(H2,22,23,24). The molecular weight excluding hydrogens is 342 g/mol. The van der Waals surface area contributed by atoms with Crippen molar-refractivity contribution in [3.8, 4) is 11.5 Å². The minimum atomic E-state index is 0.304. The van der Waals surface area contributed by atoms with Crippen LogP contribution in [0.15, 0.2) is 47.5 Å². The van der Waals surface area contributed by atoms with Crippen LogP contribution in [0.5, 0.6) is 11.5 Å². The summed E-state index contributed by atoms with van der Waals surface area (Å²) in [7, 11) is 1.78. The first kappa shape index (κ1) is 19.0. The molecule has 0 amide bonds. The molecule has 0 saturated carbocycles. The predicted molar refractivity (Wildman–Crippen MR) is 106 cm³/mol. The number of hydrogen-bond acceptors (Lipinski definition) is 4. The van der Waals surface area contributed by atoms with Crippen LogP contribution < -0.4 is 20.1 Å². The maximum Gasteiger partial charge on any atom is 0.231 e. The van der Waals surface area contributed by atoms with E-state index in [0.717, 1.165) is 30.4 Å². The second kappa shape index (κ2) is 9.83. The van der Waals surface area contributed by atoms with Crippen molar-refractivity contribution in [2.24, 2.45) is 4.99 Å². The molecule has 2 aromatic carbocycles. The van der Waals surface area contributed by atoms with Gasteiger partial charge in [0.1, 0.15) is 0 Å². The van der Waals surface area contributed by atoms with Crippen LogP contribution in [0.25, 0.3) is 0 Å². The summed E-state index contributed by atoms with van der Waals surface area (Å²) in [6.45, 7) is 5.13. The fourth-order valence-corrected chi connectivity index (χ4v) is 2.90. The summed E-state index contributed by atoms with van der Waals surface area (Å²) in [5, 5.41) is 6.72. The number of hydrogen-bond donors (Lipinski definition) is 2. The Morgan fingerprint density at radius 2 is 1.89 bits per heavy atom.